The van der Waals surface area contributed by atoms with Gasteiger partial charge >= 0.3 is 0 Å². The highest BCUT2D eigenvalue weighted by Crippen LogP contribution is 2.23. The van der Waals surface area contributed by atoms with Crippen LogP contribution in [0.25, 0.3) is 0 Å². The Morgan fingerprint density at radius 1 is 1.17 bits per heavy atom. The van der Waals surface area contributed by atoms with E-state index in [9.17, 15) is 13.2 Å². The number of hydrogen-bond acceptors (Lipinski definition) is 4. The topological polar surface area (TPSA) is 72.5 Å². The van der Waals surface area contributed by atoms with Crippen LogP contribution in [0.4, 0.5) is 5.69 Å². The van der Waals surface area contributed by atoms with Gasteiger partial charge in [-0.05, 0) is 29.8 Å². The zero-order chi connectivity index (χ0) is 16.9. The first kappa shape index (κ1) is 17.3. The van der Waals surface area contributed by atoms with Crippen LogP contribution >= 0.6 is 11.6 Å². The number of nitrogens with one attached hydrogen (secondary N) is 1. The third-order valence-corrected chi connectivity index (χ3v) is 4.72. The quantitative estimate of drug-likeness (QED) is 0.866. The molecule has 0 aliphatic heterocycles. The predicted octanol–water partition coefficient (Wildman–Crippen LogP) is 2.90. The summed E-state index contributed by atoms with van der Waals surface area (Å²) in [4.78, 5) is 12.0. The fourth-order valence-corrected chi connectivity index (χ4v) is 3.54. The summed E-state index contributed by atoms with van der Waals surface area (Å²) in [6.07, 6.45) is 0. The normalized spacial score (nSPS) is 11.0. The molecule has 0 aliphatic carbocycles. The van der Waals surface area contributed by atoms with Crippen molar-refractivity contribution in [1.82, 2.24) is 0 Å². The first-order valence-electron chi connectivity index (χ1n) is 6.77. The maximum absolute atomic E-state index is 12.1. The van der Waals surface area contributed by atoms with E-state index in [0.29, 0.717) is 22.0 Å². The number of anilines is 1. The van der Waals surface area contributed by atoms with Gasteiger partial charge in [0.05, 0.1) is 18.6 Å². The van der Waals surface area contributed by atoms with Crippen LogP contribution in [0.2, 0.25) is 5.02 Å². The molecule has 0 fully saturated rings. The minimum absolute atomic E-state index is 0.243. The van der Waals surface area contributed by atoms with Crippen molar-refractivity contribution in [3.63, 3.8) is 0 Å². The molecule has 7 heteroatoms. The predicted molar refractivity (Wildman–Crippen MR) is 90.6 cm³/mol. The highest BCUT2D eigenvalue weighted by atomic mass is 35.5. The van der Waals surface area contributed by atoms with Crippen molar-refractivity contribution >= 4 is 33.0 Å². The van der Waals surface area contributed by atoms with Gasteiger partial charge < -0.3 is 10.1 Å². The molecule has 0 unspecified atom stereocenters. The molecule has 0 aliphatic rings. The Hall–Kier alpha value is -2.05. The van der Waals surface area contributed by atoms with Crippen LogP contribution in [0, 0.1) is 0 Å². The van der Waals surface area contributed by atoms with E-state index < -0.39 is 21.5 Å². The standard InChI is InChI=1S/C16H16ClNO4S/c1-22-15-8-3-2-7-14(15)18-16(19)11-23(20,21)10-12-5-4-6-13(17)9-12/h2-9H,10-11H2,1H3,(H,18,19). The Morgan fingerprint density at radius 2 is 1.91 bits per heavy atom. The molecule has 5 nitrogen and oxygen atoms in total. The zero-order valence-corrected chi connectivity index (χ0v) is 14.0. The molecular weight excluding hydrogens is 338 g/mol. The average Bonchev–Trinajstić information content (AvgIpc) is 2.46. The first-order valence-corrected chi connectivity index (χ1v) is 8.97. The Labute approximate surface area is 140 Å². The smallest absolute Gasteiger partial charge is 0.239 e. The van der Waals surface area contributed by atoms with Gasteiger partial charge in [0.15, 0.2) is 9.84 Å². The highest BCUT2D eigenvalue weighted by Gasteiger charge is 2.18. The third kappa shape index (κ3) is 5.26. The molecule has 2 rings (SSSR count). The van der Waals surface area contributed by atoms with Gasteiger partial charge in [0, 0.05) is 5.02 Å². The van der Waals surface area contributed by atoms with Crippen LogP contribution in [0.15, 0.2) is 48.5 Å². The number of benzene rings is 2. The van der Waals surface area contributed by atoms with Crippen molar-refractivity contribution < 1.29 is 17.9 Å². The van der Waals surface area contributed by atoms with Crippen LogP contribution in [-0.4, -0.2) is 27.2 Å². The summed E-state index contributed by atoms with van der Waals surface area (Å²) < 4.78 is 29.4. The largest absolute Gasteiger partial charge is 0.495 e. The molecule has 0 bridgehead atoms. The summed E-state index contributed by atoms with van der Waals surface area (Å²) in [7, 11) is -2.13. The van der Waals surface area contributed by atoms with E-state index in [-0.39, 0.29) is 5.75 Å². The van der Waals surface area contributed by atoms with Gasteiger partial charge in [0.1, 0.15) is 11.5 Å². The molecule has 1 amide bonds. The number of rotatable bonds is 6. The van der Waals surface area contributed by atoms with E-state index in [2.05, 4.69) is 5.32 Å². The molecule has 1 N–H and O–H groups in total. The molecule has 23 heavy (non-hydrogen) atoms. The summed E-state index contributed by atoms with van der Waals surface area (Å²) in [5, 5.41) is 3.00. The number of methoxy groups -OCH3 is 1. The lowest BCUT2D eigenvalue weighted by Crippen LogP contribution is -2.24. The van der Waals surface area contributed by atoms with Gasteiger partial charge in [-0.2, -0.15) is 0 Å². The summed E-state index contributed by atoms with van der Waals surface area (Å²) >= 11 is 5.83. The maximum atomic E-state index is 12.1. The van der Waals surface area contributed by atoms with E-state index in [1.807, 2.05) is 0 Å². The molecule has 0 saturated carbocycles. The summed E-state index contributed by atoms with van der Waals surface area (Å²) in [5.74, 6) is -1.01. The van der Waals surface area contributed by atoms with Gasteiger partial charge in [-0.25, -0.2) is 8.42 Å². The van der Waals surface area contributed by atoms with Crippen LogP contribution in [0.3, 0.4) is 0 Å². The van der Waals surface area contributed by atoms with E-state index >= 15 is 0 Å². The molecule has 2 aromatic carbocycles. The number of para-hydroxylation sites is 2. The number of ether oxygens (including phenoxy) is 1. The lowest BCUT2D eigenvalue weighted by Gasteiger charge is -2.10. The molecule has 0 spiro atoms. The number of carbonyl (C=O) groups excluding carboxylic acids is 1. The van der Waals surface area contributed by atoms with Gasteiger partial charge in [-0.15, -0.1) is 0 Å². The van der Waals surface area contributed by atoms with E-state index in [0.717, 1.165) is 0 Å². The summed E-state index contributed by atoms with van der Waals surface area (Å²) in [6, 6.07) is 13.3. The summed E-state index contributed by atoms with van der Waals surface area (Å²) in [5.41, 5.74) is 0.973. The minimum Gasteiger partial charge on any atom is -0.495 e. The second-order valence-electron chi connectivity index (χ2n) is 4.91. The molecule has 122 valence electrons. The number of hydrogen-bond donors (Lipinski definition) is 1. The highest BCUT2D eigenvalue weighted by molar-refractivity contribution is 7.91. The fourth-order valence-electron chi connectivity index (χ4n) is 2.07. The molecule has 0 atom stereocenters. The van der Waals surface area contributed by atoms with Gasteiger partial charge in [-0.3, -0.25) is 4.79 Å². The number of halogens is 1. The molecule has 0 aromatic heterocycles. The monoisotopic (exact) mass is 353 g/mol. The number of sulfone groups is 1. The first-order chi connectivity index (χ1) is 10.9. The number of amides is 1. The Bertz CT molecular complexity index is 805. The van der Waals surface area contributed by atoms with Crippen LogP contribution in [0.1, 0.15) is 5.56 Å². The third-order valence-electron chi connectivity index (χ3n) is 3.01. The Morgan fingerprint density at radius 3 is 2.61 bits per heavy atom. The van der Waals surface area contributed by atoms with E-state index in [4.69, 9.17) is 16.3 Å². The van der Waals surface area contributed by atoms with Crippen molar-refractivity contribution in [2.24, 2.45) is 0 Å². The molecule has 2 aromatic rings. The molecular formula is C16H16ClNO4S. The van der Waals surface area contributed by atoms with Crippen molar-refractivity contribution in [2.45, 2.75) is 5.75 Å². The maximum Gasteiger partial charge on any atom is 0.239 e. The van der Waals surface area contributed by atoms with Gasteiger partial charge in [0.25, 0.3) is 0 Å². The lowest BCUT2D eigenvalue weighted by molar-refractivity contribution is -0.113. The fraction of sp³-hybridized carbons (Fsp3) is 0.188. The minimum atomic E-state index is -3.60. The lowest BCUT2D eigenvalue weighted by atomic mass is 10.2. The Kier molecular flexibility index (Phi) is 5.63. The van der Waals surface area contributed by atoms with Gasteiger partial charge in [-0.1, -0.05) is 35.9 Å². The average molecular weight is 354 g/mol. The van der Waals surface area contributed by atoms with Crippen LogP contribution < -0.4 is 10.1 Å². The van der Waals surface area contributed by atoms with E-state index in [1.54, 1.807) is 48.5 Å². The second-order valence-corrected chi connectivity index (χ2v) is 7.41. The van der Waals surface area contributed by atoms with Crippen LogP contribution in [0.5, 0.6) is 5.75 Å². The van der Waals surface area contributed by atoms with Gasteiger partial charge in [0.2, 0.25) is 5.91 Å². The SMILES string of the molecule is COc1ccccc1NC(=O)CS(=O)(=O)Cc1cccc(Cl)c1. The zero-order valence-electron chi connectivity index (χ0n) is 12.5. The van der Waals surface area contributed by atoms with E-state index in [1.165, 1.54) is 7.11 Å². The molecule has 0 radical (unpaired) electrons. The molecule has 0 saturated heterocycles. The van der Waals surface area contributed by atoms with Crippen molar-refractivity contribution in [2.75, 3.05) is 18.2 Å². The summed E-state index contributed by atoms with van der Waals surface area (Å²) in [6.45, 7) is 0. The second kappa shape index (κ2) is 7.48. The number of carbonyl (C=O) groups is 1. The van der Waals surface area contributed by atoms with Crippen LogP contribution in [-0.2, 0) is 20.4 Å². The van der Waals surface area contributed by atoms with Crippen molar-refractivity contribution in [3.05, 3.63) is 59.1 Å². The van der Waals surface area contributed by atoms with Crippen molar-refractivity contribution in [3.8, 4) is 5.75 Å². The van der Waals surface area contributed by atoms with Crippen molar-refractivity contribution in [1.29, 1.82) is 0 Å². The molecule has 0 heterocycles. The Balaban J connectivity index is 2.04.